The summed E-state index contributed by atoms with van der Waals surface area (Å²) in [5.41, 5.74) is 3.20. The van der Waals surface area contributed by atoms with Crippen LogP contribution in [0.5, 0.6) is 0 Å². The zero-order valence-corrected chi connectivity index (χ0v) is 14.7. The number of carbonyl (C=O) groups excluding carboxylic acids is 2. The number of hydrogen-bond acceptors (Lipinski definition) is 5. The fraction of sp³-hybridized carbons (Fsp3) is 0.400. The second-order valence-corrected chi connectivity index (χ2v) is 6.93. The molecule has 26 heavy (non-hydrogen) atoms. The molecule has 0 amide bonds. The van der Waals surface area contributed by atoms with Crippen LogP contribution in [0.3, 0.4) is 0 Å². The van der Waals surface area contributed by atoms with Crippen LogP contribution in [0.4, 0.5) is 4.39 Å². The lowest BCUT2D eigenvalue weighted by molar-refractivity contribution is -0.136. The van der Waals surface area contributed by atoms with Gasteiger partial charge in [0.05, 0.1) is 29.9 Å². The van der Waals surface area contributed by atoms with E-state index >= 15 is 0 Å². The molecule has 0 bridgehead atoms. The minimum Gasteiger partial charge on any atom is -0.466 e. The van der Waals surface area contributed by atoms with Crippen molar-refractivity contribution in [2.45, 2.75) is 38.0 Å². The third-order valence-corrected chi connectivity index (χ3v) is 5.53. The summed E-state index contributed by atoms with van der Waals surface area (Å²) < 4.78 is 24.9. The molecule has 1 saturated carbocycles. The topological polar surface area (TPSA) is 64.6 Å². The maximum absolute atomic E-state index is 14.7. The fourth-order valence-corrected chi connectivity index (χ4v) is 4.09. The first-order chi connectivity index (χ1) is 12.5. The van der Waals surface area contributed by atoms with E-state index in [4.69, 9.17) is 9.47 Å². The van der Waals surface area contributed by atoms with Crippen LogP contribution in [-0.4, -0.2) is 25.7 Å². The number of esters is 2. The number of cyclic esters (lactones) is 1. The maximum Gasteiger partial charge on any atom is 0.337 e. The number of rotatable bonds is 3. The minimum absolute atomic E-state index is 0.113. The molecule has 0 unspecified atom stereocenters. The molecule has 0 aromatic heterocycles. The van der Waals surface area contributed by atoms with Crippen molar-refractivity contribution in [1.82, 2.24) is 5.32 Å². The SMILES string of the molecule is COC(=O)C1=C(C)NC2=C(C(=O)OC2)[C@H]1c1cccc(F)c1C1CCC1. The molecule has 1 fully saturated rings. The van der Waals surface area contributed by atoms with Gasteiger partial charge in [0.2, 0.25) is 0 Å². The van der Waals surface area contributed by atoms with Crippen LogP contribution in [0.25, 0.3) is 0 Å². The van der Waals surface area contributed by atoms with Gasteiger partial charge in [0.25, 0.3) is 0 Å². The van der Waals surface area contributed by atoms with Gasteiger partial charge >= 0.3 is 11.9 Å². The molecule has 2 aliphatic heterocycles. The standard InChI is InChI=1S/C20H20FNO4/c1-10-15(19(23)25-2)17(18-14(22-10)9-26-20(18)24)12-7-4-8-13(21)16(12)11-5-3-6-11/h4,7-8,11,17,22H,3,5-6,9H2,1-2H3/t17-/m0/s1. The van der Waals surface area contributed by atoms with Gasteiger partial charge in [-0.1, -0.05) is 18.6 Å². The Morgan fingerprint density at radius 2 is 2.12 bits per heavy atom. The Kier molecular flexibility index (Phi) is 4.05. The first-order valence-electron chi connectivity index (χ1n) is 8.77. The molecule has 1 N–H and O–H groups in total. The largest absolute Gasteiger partial charge is 0.466 e. The maximum atomic E-state index is 14.7. The van der Waals surface area contributed by atoms with Crippen LogP contribution >= 0.6 is 0 Å². The molecule has 1 aromatic rings. The van der Waals surface area contributed by atoms with Crippen molar-refractivity contribution in [1.29, 1.82) is 0 Å². The smallest absolute Gasteiger partial charge is 0.337 e. The van der Waals surface area contributed by atoms with E-state index in [1.807, 2.05) is 0 Å². The monoisotopic (exact) mass is 357 g/mol. The highest BCUT2D eigenvalue weighted by atomic mass is 19.1. The number of benzene rings is 1. The van der Waals surface area contributed by atoms with E-state index < -0.39 is 17.9 Å². The van der Waals surface area contributed by atoms with E-state index in [2.05, 4.69) is 5.32 Å². The number of halogens is 1. The molecular formula is C20H20FNO4. The first-order valence-corrected chi connectivity index (χ1v) is 8.77. The molecule has 1 aromatic carbocycles. The van der Waals surface area contributed by atoms with Crippen LogP contribution in [-0.2, 0) is 19.1 Å². The average Bonchev–Trinajstić information content (AvgIpc) is 2.94. The van der Waals surface area contributed by atoms with Crippen molar-refractivity contribution < 1.29 is 23.5 Å². The number of methoxy groups -OCH3 is 1. The second kappa shape index (κ2) is 6.27. The van der Waals surface area contributed by atoms with Gasteiger partial charge in [0.15, 0.2) is 0 Å². The van der Waals surface area contributed by atoms with Crippen LogP contribution < -0.4 is 5.32 Å². The molecule has 0 spiro atoms. The van der Waals surface area contributed by atoms with E-state index in [-0.39, 0.29) is 18.3 Å². The summed E-state index contributed by atoms with van der Waals surface area (Å²) >= 11 is 0. The third kappa shape index (κ3) is 2.43. The van der Waals surface area contributed by atoms with Gasteiger partial charge in [-0.15, -0.1) is 0 Å². The third-order valence-electron chi connectivity index (χ3n) is 5.53. The summed E-state index contributed by atoms with van der Waals surface area (Å²) in [5.74, 6) is -1.87. The Morgan fingerprint density at radius 3 is 2.77 bits per heavy atom. The molecule has 4 rings (SSSR count). The number of ether oxygens (including phenoxy) is 2. The summed E-state index contributed by atoms with van der Waals surface area (Å²) in [6.07, 6.45) is 2.87. The summed E-state index contributed by atoms with van der Waals surface area (Å²) in [7, 11) is 1.30. The van der Waals surface area contributed by atoms with Crippen molar-refractivity contribution in [2.75, 3.05) is 13.7 Å². The summed E-state index contributed by atoms with van der Waals surface area (Å²) in [6.45, 7) is 1.89. The molecule has 1 atom stereocenters. The Morgan fingerprint density at radius 1 is 1.35 bits per heavy atom. The number of carbonyl (C=O) groups is 2. The summed E-state index contributed by atoms with van der Waals surface area (Å²) in [6, 6.07) is 4.87. The van der Waals surface area contributed by atoms with Gasteiger partial charge in [-0.3, -0.25) is 0 Å². The Labute approximate surface area is 150 Å². The van der Waals surface area contributed by atoms with E-state index in [1.165, 1.54) is 13.2 Å². The number of nitrogens with one attached hydrogen (secondary N) is 1. The van der Waals surface area contributed by atoms with Crippen LogP contribution in [0.1, 0.15) is 49.1 Å². The predicted octanol–water partition coefficient (Wildman–Crippen LogP) is 3.04. The van der Waals surface area contributed by atoms with Crippen molar-refractivity contribution in [3.8, 4) is 0 Å². The summed E-state index contributed by atoms with van der Waals surface area (Å²) in [5, 5.41) is 3.08. The van der Waals surface area contributed by atoms with E-state index in [0.717, 1.165) is 19.3 Å². The molecule has 136 valence electrons. The molecule has 0 radical (unpaired) electrons. The van der Waals surface area contributed by atoms with Crippen molar-refractivity contribution in [3.63, 3.8) is 0 Å². The highest BCUT2D eigenvalue weighted by Crippen LogP contribution is 2.47. The van der Waals surface area contributed by atoms with Crippen molar-refractivity contribution in [2.24, 2.45) is 0 Å². The van der Waals surface area contributed by atoms with E-state index in [9.17, 15) is 14.0 Å². The van der Waals surface area contributed by atoms with Gasteiger partial charge in [-0.25, -0.2) is 14.0 Å². The van der Waals surface area contributed by atoms with Crippen molar-refractivity contribution >= 4 is 11.9 Å². The molecule has 5 nitrogen and oxygen atoms in total. The molecule has 0 saturated heterocycles. The van der Waals surface area contributed by atoms with Gasteiger partial charge < -0.3 is 14.8 Å². The lowest BCUT2D eigenvalue weighted by Crippen LogP contribution is -2.31. The Bertz CT molecular complexity index is 867. The average molecular weight is 357 g/mol. The summed E-state index contributed by atoms with van der Waals surface area (Å²) in [4.78, 5) is 24.9. The minimum atomic E-state index is -0.681. The van der Waals surface area contributed by atoms with Crippen LogP contribution in [0, 0.1) is 5.82 Å². The van der Waals surface area contributed by atoms with Crippen molar-refractivity contribution in [3.05, 3.63) is 57.7 Å². The van der Waals surface area contributed by atoms with E-state index in [1.54, 1.807) is 19.1 Å². The van der Waals surface area contributed by atoms with Gasteiger partial charge in [0, 0.05) is 5.70 Å². The number of allylic oxidation sites excluding steroid dienone is 1. The number of hydrogen-bond donors (Lipinski definition) is 1. The van der Waals surface area contributed by atoms with Gasteiger partial charge in [-0.2, -0.15) is 0 Å². The van der Waals surface area contributed by atoms with Crippen LogP contribution in [0.15, 0.2) is 40.7 Å². The predicted molar refractivity (Wildman–Crippen MR) is 91.6 cm³/mol. The molecule has 1 aliphatic carbocycles. The molecule has 6 heteroatoms. The van der Waals surface area contributed by atoms with Gasteiger partial charge in [0.1, 0.15) is 12.4 Å². The highest BCUT2D eigenvalue weighted by Gasteiger charge is 2.43. The lowest BCUT2D eigenvalue weighted by atomic mass is 9.72. The Hall–Kier alpha value is -2.63. The second-order valence-electron chi connectivity index (χ2n) is 6.93. The molecular weight excluding hydrogens is 337 g/mol. The zero-order valence-electron chi connectivity index (χ0n) is 14.7. The fourth-order valence-electron chi connectivity index (χ4n) is 4.09. The first kappa shape index (κ1) is 16.8. The quantitative estimate of drug-likeness (QED) is 0.843. The molecule has 3 aliphatic rings. The molecule has 2 heterocycles. The zero-order chi connectivity index (χ0) is 18.4. The highest BCUT2D eigenvalue weighted by molar-refractivity contribution is 6.01. The Balaban J connectivity index is 1.94. The van der Waals surface area contributed by atoms with Gasteiger partial charge in [-0.05, 0) is 42.9 Å². The van der Waals surface area contributed by atoms with E-state index in [0.29, 0.717) is 33.7 Å². The normalized spacial score (nSPS) is 22.6. The van der Waals surface area contributed by atoms with Crippen LogP contribution in [0.2, 0.25) is 0 Å². The number of dihydropyridines is 1. The lowest BCUT2D eigenvalue weighted by Gasteiger charge is -2.33.